The molecule has 1 atom stereocenters. The number of likely N-dealkylation sites (N-methyl/N-ethyl adjacent to an activating group) is 1. The number of benzene rings is 1. The number of para-hydroxylation sites is 2. The van der Waals surface area contributed by atoms with Gasteiger partial charge in [0.1, 0.15) is 15.4 Å². The Labute approximate surface area is 106 Å². The molecule has 1 aromatic carbocycles. The van der Waals surface area contributed by atoms with Crippen molar-refractivity contribution < 1.29 is 12.8 Å². The van der Waals surface area contributed by atoms with Crippen molar-refractivity contribution in [3.05, 3.63) is 30.2 Å². The summed E-state index contributed by atoms with van der Waals surface area (Å²) in [5.74, 6) is 0.626. The van der Waals surface area contributed by atoms with Crippen molar-refractivity contribution in [2.45, 2.75) is 12.5 Å². The standard InChI is InChI=1S/C12H16N2O3S/c1-13-9(8-18(2,15)16)7-12-14-10-5-3-4-6-11(10)17-12/h3-6,9,13H,7-8H2,1-2H3. The predicted molar refractivity (Wildman–Crippen MR) is 70.3 cm³/mol. The highest BCUT2D eigenvalue weighted by molar-refractivity contribution is 7.90. The van der Waals surface area contributed by atoms with E-state index in [2.05, 4.69) is 10.3 Å². The number of sulfone groups is 1. The van der Waals surface area contributed by atoms with E-state index in [0.29, 0.717) is 12.3 Å². The third kappa shape index (κ3) is 3.30. The van der Waals surface area contributed by atoms with Gasteiger partial charge in [0.15, 0.2) is 11.5 Å². The van der Waals surface area contributed by atoms with Gasteiger partial charge in [-0.05, 0) is 19.2 Å². The van der Waals surface area contributed by atoms with Gasteiger partial charge in [0.25, 0.3) is 0 Å². The van der Waals surface area contributed by atoms with Gasteiger partial charge in [0.2, 0.25) is 0 Å². The van der Waals surface area contributed by atoms with Crippen LogP contribution in [0.5, 0.6) is 0 Å². The Morgan fingerprint density at radius 3 is 2.72 bits per heavy atom. The highest BCUT2D eigenvalue weighted by Gasteiger charge is 2.17. The van der Waals surface area contributed by atoms with Gasteiger partial charge in [-0.3, -0.25) is 0 Å². The first-order valence-corrected chi connectivity index (χ1v) is 7.73. The van der Waals surface area contributed by atoms with Crippen molar-refractivity contribution >= 4 is 20.9 Å². The smallest absolute Gasteiger partial charge is 0.197 e. The third-order valence-electron chi connectivity index (χ3n) is 2.67. The van der Waals surface area contributed by atoms with Crippen LogP contribution in [0.15, 0.2) is 28.7 Å². The molecule has 2 rings (SSSR count). The van der Waals surface area contributed by atoms with E-state index in [1.807, 2.05) is 24.3 Å². The molecule has 0 fully saturated rings. The van der Waals surface area contributed by atoms with E-state index in [1.165, 1.54) is 6.26 Å². The molecule has 0 aliphatic carbocycles. The fourth-order valence-corrected chi connectivity index (χ4v) is 2.84. The summed E-state index contributed by atoms with van der Waals surface area (Å²) in [6.07, 6.45) is 1.68. The molecule has 0 radical (unpaired) electrons. The summed E-state index contributed by atoms with van der Waals surface area (Å²) in [4.78, 5) is 4.33. The largest absolute Gasteiger partial charge is 0.441 e. The second-order valence-corrected chi connectivity index (χ2v) is 6.54. The van der Waals surface area contributed by atoms with Crippen molar-refractivity contribution in [1.29, 1.82) is 0 Å². The minimum absolute atomic E-state index is 0.0717. The second kappa shape index (κ2) is 5.07. The van der Waals surface area contributed by atoms with Gasteiger partial charge in [-0.1, -0.05) is 12.1 Å². The van der Waals surface area contributed by atoms with Crippen LogP contribution < -0.4 is 5.32 Å². The fraction of sp³-hybridized carbons (Fsp3) is 0.417. The van der Waals surface area contributed by atoms with Crippen LogP contribution >= 0.6 is 0 Å². The zero-order valence-electron chi connectivity index (χ0n) is 10.4. The highest BCUT2D eigenvalue weighted by Crippen LogP contribution is 2.15. The maximum absolute atomic E-state index is 11.3. The van der Waals surface area contributed by atoms with Crippen molar-refractivity contribution in [3.63, 3.8) is 0 Å². The van der Waals surface area contributed by atoms with Crippen molar-refractivity contribution in [1.82, 2.24) is 10.3 Å². The molecule has 98 valence electrons. The molecule has 6 heteroatoms. The lowest BCUT2D eigenvalue weighted by atomic mass is 10.2. The normalized spacial score (nSPS) is 13.9. The van der Waals surface area contributed by atoms with E-state index in [0.717, 1.165) is 11.1 Å². The number of oxazole rings is 1. The molecule has 5 nitrogen and oxygen atoms in total. The Balaban J connectivity index is 2.16. The summed E-state index contributed by atoms with van der Waals surface area (Å²) in [5.41, 5.74) is 1.52. The minimum Gasteiger partial charge on any atom is -0.441 e. The molecule has 0 aliphatic rings. The molecule has 0 saturated heterocycles. The molecule has 1 aromatic heterocycles. The van der Waals surface area contributed by atoms with Gasteiger partial charge in [-0.2, -0.15) is 0 Å². The van der Waals surface area contributed by atoms with Crippen LogP contribution in [0.2, 0.25) is 0 Å². The van der Waals surface area contributed by atoms with Crippen molar-refractivity contribution in [3.8, 4) is 0 Å². The maximum atomic E-state index is 11.3. The average molecular weight is 268 g/mol. The maximum Gasteiger partial charge on any atom is 0.197 e. The molecule has 18 heavy (non-hydrogen) atoms. The first-order valence-electron chi connectivity index (χ1n) is 5.67. The zero-order valence-corrected chi connectivity index (χ0v) is 11.2. The summed E-state index contributed by atoms with van der Waals surface area (Å²) >= 11 is 0. The van der Waals surface area contributed by atoms with E-state index in [9.17, 15) is 8.42 Å². The van der Waals surface area contributed by atoms with E-state index in [-0.39, 0.29) is 11.8 Å². The molecule has 1 N–H and O–H groups in total. The van der Waals surface area contributed by atoms with Crippen LogP contribution in [-0.4, -0.2) is 38.5 Å². The Morgan fingerprint density at radius 2 is 2.11 bits per heavy atom. The number of fused-ring (bicyclic) bond motifs is 1. The lowest BCUT2D eigenvalue weighted by Gasteiger charge is -2.12. The SMILES string of the molecule is CNC(Cc1nc2ccccc2o1)CS(C)(=O)=O. The predicted octanol–water partition coefficient (Wildman–Crippen LogP) is 1.00. The molecular weight excluding hydrogens is 252 g/mol. The molecule has 0 bridgehead atoms. The van der Waals surface area contributed by atoms with Crippen LogP contribution in [0, 0.1) is 0 Å². The summed E-state index contributed by atoms with van der Waals surface area (Å²) in [5, 5.41) is 2.97. The molecule has 1 unspecified atom stereocenters. The molecular formula is C12H16N2O3S. The Hall–Kier alpha value is -1.40. The van der Waals surface area contributed by atoms with E-state index < -0.39 is 9.84 Å². The molecule has 2 aromatic rings. The fourth-order valence-electron chi connectivity index (χ4n) is 1.83. The lowest BCUT2D eigenvalue weighted by Crippen LogP contribution is -2.34. The van der Waals surface area contributed by atoms with Crippen LogP contribution in [-0.2, 0) is 16.3 Å². The van der Waals surface area contributed by atoms with Crippen molar-refractivity contribution in [2.24, 2.45) is 0 Å². The number of rotatable bonds is 5. The first-order chi connectivity index (χ1) is 8.48. The van der Waals surface area contributed by atoms with Crippen molar-refractivity contribution in [2.75, 3.05) is 19.1 Å². The van der Waals surface area contributed by atoms with E-state index >= 15 is 0 Å². The lowest BCUT2D eigenvalue weighted by molar-refractivity contribution is 0.479. The third-order valence-corrected chi connectivity index (χ3v) is 3.68. The zero-order chi connectivity index (χ0) is 13.2. The minimum atomic E-state index is -3.02. The van der Waals surface area contributed by atoms with Gasteiger partial charge >= 0.3 is 0 Å². The number of aromatic nitrogens is 1. The molecule has 0 saturated carbocycles. The monoisotopic (exact) mass is 268 g/mol. The van der Waals surface area contributed by atoms with Crippen LogP contribution in [0.3, 0.4) is 0 Å². The Morgan fingerprint density at radius 1 is 1.39 bits per heavy atom. The van der Waals surface area contributed by atoms with Gasteiger partial charge < -0.3 is 9.73 Å². The molecule has 0 amide bonds. The second-order valence-electron chi connectivity index (χ2n) is 4.36. The van der Waals surface area contributed by atoms with Gasteiger partial charge in [-0.15, -0.1) is 0 Å². The molecule has 0 spiro atoms. The summed E-state index contributed by atoms with van der Waals surface area (Å²) < 4.78 is 28.1. The summed E-state index contributed by atoms with van der Waals surface area (Å²) in [6.45, 7) is 0. The van der Waals surface area contributed by atoms with Crippen LogP contribution in [0.1, 0.15) is 5.89 Å². The number of nitrogens with one attached hydrogen (secondary N) is 1. The van der Waals surface area contributed by atoms with Gasteiger partial charge in [0.05, 0.1) is 5.75 Å². The quantitative estimate of drug-likeness (QED) is 0.876. The first kappa shape index (κ1) is 13.0. The topological polar surface area (TPSA) is 72.2 Å². The highest BCUT2D eigenvalue weighted by atomic mass is 32.2. The number of hydrogen-bond acceptors (Lipinski definition) is 5. The number of hydrogen-bond donors (Lipinski definition) is 1. The van der Waals surface area contributed by atoms with Gasteiger partial charge in [-0.25, -0.2) is 13.4 Å². The van der Waals surface area contributed by atoms with Crippen LogP contribution in [0.25, 0.3) is 11.1 Å². The Bertz CT molecular complexity index is 601. The summed E-state index contributed by atoms with van der Waals surface area (Å²) in [7, 11) is -1.28. The van der Waals surface area contributed by atoms with E-state index in [4.69, 9.17) is 4.42 Å². The molecule has 1 heterocycles. The Kier molecular flexibility index (Phi) is 3.68. The van der Waals surface area contributed by atoms with Gasteiger partial charge in [0, 0.05) is 18.7 Å². The number of nitrogens with zero attached hydrogens (tertiary/aromatic N) is 1. The van der Waals surface area contributed by atoms with Crippen LogP contribution in [0.4, 0.5) is 0 Å². The van der Waals surface area contributed by atoms with E-state index in [1.54, 1.807) is 7.05 Å². The summed E-state index contributed by atoms with van der Waals surface area (Å²) in [6, 6.07) is 7.29. The average Bonchev–Trinajstić information content (AvgIpc) is 2.68. The molecule has 0 aliphatic heterocycles.